The highest BCUT2D eigenvalue weighted by Crippen LogP contribution is 2.17. The molecule has 1 aromatic heterocycles. The smallest absolute Gasteiger partial charge is 0.243 e. The number of likely N-dealkylation sites (N-methyl/N-ethyl adjacent to an activating group) is 1. The van der Waals surface area contributed by atoms with Crippen LogP contribution in [0.25, 0.3) is 0 Å². The standard InChI is InChI=1S/C19H24N2O3S/c1-3-21(19(23)11-5-9-17-10-6-12-25-17)14-18(22)20-15-7-4-8-16(13-15)24-2/h4,6-8,10,12-13H,3,5,9,11,14H2,1-2H3,(H,20,22). The first-order valence-electron chi connectivity index (χ1n) is 8.36. The maximum Gasteiger partial charge on any atom is 0.243 e. The van der Waals surface area contributed by atoms with E-state index < -0.39 is 0 Å². The van der Waals surface area contributed by atoms with E-state index in [4.69, 9.17) is 4.74 Å². The molecule has 0 aliphatic carbocycles. The Labute approximate surface area is 152 Å². The van der Waals surface area contributed by atoms with Gasteiger partial charge in [-0.15, -0.1) is 11.3 Å². The lowest BCUT2D eigenvalue weighted by atomic mass is 10.2. The summed E-state index contributed by atoms with van der Waals surface area (Å²) in [5, 5.41) is 4.84. The van der Waals surface area contributed by atoms with Gasteiger partial charge in [-0.25, -0.2) is 0 Å². The molecule has 5 nitrogen and oxygen atoms in total. The van der Waals surface area contributed by atoms with Crippen LogP contribution >= 0.6 is 11.3 Å². The predicted octanol–water partition coefficient (Wildman–Crippen LogP) is 3.57. The number of aryl methyl sites for hydroxylation is 1. The highest BCUT2D eigenvalue weighted by atomic mass is 32.1. The molecule has 0 saturated heterocycles. The Kier molecular flexibility index (Phi) is 7.47. The number of carbonyl (C=O) groups is 2. The number of carbonyl (C=O) groups excluding carboxylic acids is 2. The number of benzene rings is 1. The first-order chi connectivity index (χ1) is 12.1. The largest absolute Gasteiger partial charge is 0.497 e. The van der Waals surface area contributed by atoms with E-state index in [1.165, 1.54) is 4.88 Å². The fraction of sp³-hybridized carbons (Fsp3) is 0.368. The lowest BCUT2D eigenvalue weighted by molar-refractivity contribution is -0.134. The molecule has 2 aromatic rings. The van der Waals surface area contributed by atoms with Crippen molar-refractivity contribution >= 4 is 28.8 Å². The molecule has 0 aliphatic rings. The number of nitrogens with one attached hydrogen (secondary N) is 1. The molecule has 25 heavy (non-hydrogen) atoms. The Morgan fingerprint density at radius 3 is 2.76 bits per heavy atom. The van der Waals surface area contributed by atoms with Crippen LogP contribution in [0.4, 0.5) is 5.69 Å². The molecule has 0 spiro atoms. The van der Waals surface area contributed by atoms with Crippen LogP contribution in [0.1, 0.15) is 24.6 Å². The zero-order valence-electron chi connectivity index (χ0n) is 14.7. The van der Waals surface area contributed by atoms with Gasteiger partial charge in [0.05, 0.1) is 13.7 Å². The van der Waals surface area contributed by atoms with Crippen molar-refractivity contribution in [2.45, 2.75) is 26.2 Å². The molecule has 0 unspecified atom stereocenters. The van der Waals surface area contributed by atoms with E-state index in [1.807, 2.05) is 30.5 Å². The molecule has 1 N–H and O–H groups in total. The minimum atomic E-state index is -0.207. The molecular formula is C19H24N2O3S. The van der Waals surface area contributed by atoms with Crippen LogP contribution in [0.2, 0.25) is 0 Å². The van der Waals surface area contributed by atoms with Crippen molar-refractivity contribution in [2.75, 3.05) is 25.5 Å². The zero-order valence-corrected chi connectivity index (χ0v) is 15.5. The van der Waals surface area contributed by atoms with Gasteiger partial charge in [-0.1, -0.05) is 12.1 Å². The summed E-state index contributed by atoms with van der Waals surface area (Å²) in [5.74, 6) is 0.483. The molecule has 0 fully saturated rings. The molecular weight excluding hydrogens is 336 g/mol. The van der Waals surface area contributed by atoms with Gasteiger partial charge in [0.15, 0.2) is 0 Å². The van der Waals surface area contributed by atoms with Crippen LogP contribution in [0, 0.1) is 0 Å². The molecule has 2 rings (SSSR count). The second-order valence-corrected chi connectivity index (χ2v) is 6.65. The maximum atomic E-state index is 12.3. The third-order valence-electron chi connectivity index (χ3n) is 3.82. The Bertz CT molecular complexity index is 686. The van der Waals surface area contributed by atoms with Crippen molar-refractivity contribution in [2.24, 2.45) is 0 Å². The van der Waals surface area contributed by atoms with Crippen molar-refractivity contribution in [3.63, 3.8) is 0 Å². The monoisotopic (exact) mass is 360 g/mol. The first-order valence-corrected chi connectivity index (χ1v) is 9.24. The van der Waals surface area contributed by atoms with Crippen molar-refractivity contribution in [1.82, 2.24) is 4.90 Å². The second kappa shape index (κ2) is 9.84. The summed E-state index contributed by atoms with van der Waals surface area (Å²) in [6, 6.07) is 11.3. The van der Waals surface area contributed by atoms with E-state index in [1.54, 1.807) is 35.5 Å². The molecule has 134 valence electrons. The third kappa shape index (κ3) is 6.23. The first kappa shape index (κ1) is 19.0. The van der Waals surface area contributed by atoms with E-state index in [-0.39, 0.29) is 18.4 Å². The van der Waals surface area contributed by atoms with Gasteiger partial charge in [0, 0.05) is 29.6 Å². The number of ether oxygens (including phenoxy) is 1. The summed E-state index contributed by atoms with van der Waals surface area (Å²) < 4.78 is 5.14. The van der Waals surface area contributed by atoms with Gasteiger partial charge < -0.3 is 15.0 Å². The summed E-state index contributed by atoms with van der Waals surface area (Å²) >= 11 is 1.70. The van der Waals surface area contributed by atoms with Crippen molar-refractivity contribution < 1.29 is 14.3 Å². The quantitative estimate of drug-likeness (QED) is 0.744. The van der Waals surface area contributed by atoms with E-state index in [9.17, 15) is 9.59 Å². The molecule has 0 atom stereocenters. The second-order valence-electron chi connectivity index (χ2n) is 5.62. The molecule has 0 aliphatic heterocycles. The summed E-state index contributed by atoms with van der Waals surface area (Å²) in [7, 11) is 1.58. The number of thiophene rings is 1. The Morgan fingerprint density at radius 1 is 1.24 bits per heavy atom. The lowest BCUT2D eigenvalue weighted by Crippen LogP contribution is -2.37. The van der Waals surface area contributed by atoms with Crippen molar-refractivity contribution in [3.05, 3.63) is 46.7 Å². The summed E-state index contributed by atoms with van der Waals surface area (Å²) in [4.78, 5) is 27.4. The minimum absolute atomic E-state index is 0.0137. The van der Waals surface area contributed by atoms with Crippen molar-refractivity contribution in [3.8, 4) is 5.75 Å². The van der Waals surface area contributed by atoms with Gasteiger partial charge in [0.2, 0.25) is 11.8 Å². The van der Waals surface area contributed by atoms with Gasteiger partial charge in [-0.3, -0.25) is 9.59 Å². The average molecular weight is 360 g/mol. The Hall–Kier alpha value is -2.34. The highest BCUT2D eigenvalue weighted by molar-refractivity contribution is 7.09. The van der Waals surface area contributed by atoms with Crippen LogP contribution in [0.15, 0.2) is 41.8 Å². The molecule has 6 heteroatoms. The number of nitrogens with zero attached hydrogens (tertiary/aromatic N) is 1. The molecule has 0 saturated carbocycles. The average Bonchev–Trinajstić information content (AvgIpc) is 3.13. The Morgan fingerprint density at radius 2 is 2.08 bits per heavy atom. The van der Waals surface area contributed by atoms with E-state index in [2.05, 4.69) is 11.4 Å². The van der Waals surface area contributed by atoms with Gasteiger partial charge in [-0.2, -0.15) is 0 Å². The van der Waals surface area contributed by atoms with Crippen LogP contribution in [0.3, 0.4) is 0 Å². The normalized spacial score (nSPS) is 10.3. The number of methoxy groups -OCH3 is 1. The summed E-state index contributed by atoms with van der Waals surface area (Å²) in [6.45, 7) is 2.46. The van der Waals surface area contributed by atoms with Gasteiger partial charge in [-0.05, 0) is 43.3 Å². The van der Waals surface area contributed by atoms with Crippen LogP contribution < -0.4 is 10.1 Å². The van der Waals surface area contributed by atoms with Gasteiger partial charge >= 0.3 is 0 Å². The Balaban J connectivity index is 1.80. The molecule has 1 aromatic carbocycles. The molecule has 0 bridgehead atoms. The zero-order chi connectivity index (χ0) is 18.1. The predicted molar refractivity (Wildman–Crippen MR) is 101 cm³/mol. The fourth-order valence-corrected chi connectivity index (χ4v) is 3.23. The van der Waals surface area contributed by atoms with E-state index >= 15 is 0 Å². The topological polar surface area (TPSA) is 58.6 Å². The third-order valence-corrected chi connectivity index (χ3v) is 4.75. The highest BCUT2D eigenvalue weighted by Gasteiger charge is 2.15. The molecule has 2 amide bonds. The summed E-state index contributed by atoms with van der Waals surface area (Å²) in [6.07, 6.45) is 2.16. The lowest BCUT2D eigenvalue weighted by Gasteiger charge is -2.20. The number of anilines is 1. The van der Waals surface area contributed by atoms with Crippen molar-refractivity contribution in [1.29, 1.82) is 0 Å². The molecule has 1 heterocycles. The van der Waals surface area contributed by atoms with Gasteiger partial charge in [0.25, 0.3) is 0 Å². The van der Waals surface area contributed by atoms with Gasteiger partial charge in [0.1, 0.15) is 5.75 Å². The van der Waals surface area contributed by atoms with Crippen LogP contribution in [0.5, 0.6) is 5.75 Å². The number of rotatable bonds is 9. The molecule has 0 radical (unpaired) electrons. The van der Waals surface area contributed by atoms with Crippen LogP contribution in [-0.2, 0) is 16.0 Å². The van der Waals surface area contributed by atoms with E-state index in [0.29, 0.717) is 24.4 Å². The number of amides is 2. The number of hydrogen-bond donors (Lipinski definition) is 1. The van der Waals surface area contributed by atoms with Crippen LogP contribution in [-0.4, -0.2) is 36.9 Å². The fourth-order valence-electron chi connectivity index (χ4n) is 2.48. The maximum absolute atomic E-state index is 12.3. The minimum Gasteiger partial charge on any atom is -0.497 e. The summed E-state index contributed by atoms with van der Waals surface area (Å²) in [5.41, 5.74) is 0.658. The SMILES string of the molecule is CCN(CC(=O)Nc1cccc(OC)c1)C(=O)CCCc1cccs1. The number of hydrogen-bond acceptors (Lipinski definition) is 4. The van der Waals surface area contributed by atoms with E-state index in [0.717, 1.165) is 12.8 Å².